The number of aliphatic hydroxyl groups is 1. The zero-order chi connectivity index (χ0) is 16.2. The molecular formula is C18H21N3O2. The summed E-state index contributed by atoms with van der Waals surface area (Å²) in [4.78, 5) is 14.3. The highest BCUT2D eigenvalue weighted by molar-refractivity contribution is 5.92. The Morgan fingerprint density at radius 2 is 2.00 bits per heavy atom. The molecule has 0 radical (unpaired) electrons. The highest BCUT2D eigenvalue weighted by Crippen LogP contribution is 2.22. The van der Waals surface area contributed by atoms with Crippen molar-refractivity contribution in [3.8, 4) is 0 Å². The number of rotatable bonds is 3. The number of piperidine rings is 1. The minimum absolute atomic E-state index is 0.0495. The number of amides is 1. The average molecular weight is 311 g/mol. The summed E-state index contributed by atoms with van der Waals surface area (Å²) < 4.78 is 0. The molecule has 3 rings (SSSR count). The SMILES string of the molecule is Cc1ccc(C(=O)N2CC[C@H](O)[C@H](Cc3ccccc3)C2)nn1. The number of nitrogens with zero attached hydrogens (tertiary/aromatic N) is 3. The Kier molecular flexibility index (Phi) is 4.67. The fourth-order valence-electron chi connectivity index (χ4n) is 3.00. The van der Waals surface area contributed by atoms with Crippen LogP contribution in [0.3, 0.4) is 0 Å². The lowest BCUT2D eigenvalue weighted by Gasteiger charge is -2.36. The van der Waals surface area contributed by atoms with Crippen molar-refractivity contribution in [3.63, 3.8) is 0 Å². The number of carbonyl (C=O) groups excluding carboxylic acids is 1. The molecule has 1 aliphatic heterocycles. The molecule has 0 saturated carbocycles. The summed E-state index contributed by atoms with van der Waals surface area (Å²) in [6.45, 7) is 2.94. The largest absolute Gasteiger partial charge is 0.393 e. The lowest BCUT2D eigenvalue weighted by Crippen LogP contribution is -2.47. The predicted molar refractivity (Wildman–Crippen MR) is 86.9 cm³/mol. The molecule has 1 amide bonds. The summed E-state index contributed by atoms with van der Waals surface area (Å²) in [5, 5.41) is 18.2. The molecule has 1 fully saturated rings. The number of aromatic nitrogens is 2. The molecular weight excluding hydrogens is 290 g/mol. The summed E-state index contributed by atoms with van der Waals surface area (Å²) in [5.74, 6) is -0.0593. The van der Waals surface area contributed by atoms with Gasteiger partial charge in [0.2, 0.25) is 0 Å². The summed E-state index contributed by atoms with van der Waals surface area (Å²) in [5.41, 5.74) is 2.34. The van der Waals surface area contributed by atoms with Crippen molar-refractivity contribution in [2.24, 2.45) is 5.92 Å². The molecule has 1 aromatic heterocycles. The first-order chi connectivity index (χ1) is 11.1. The number of likely N-dealkylation sites (tertiary alicyclic amines) is 1. The van der Waals surface area contributed by atoms with E-state index in [0.29, 0.717) is 25.2 Å². The fraction of sp³-hybridized carbons (Fsp3) is 0.389. The van der Waals surface area contributed by atoms with Crippen molar-refractivity contribution in [1.82, 2.24) is 15.1 Å². The quantitative estimate of drug-likeness (QED) is 0.939. The molecule has 0 unspecified atom stereocenters. The molecule has 0 spiro atoms. The normalized spacial score (nSPS) is 21.2. The maximum Gasteiger partial charge on any atom is 0.274 e. The van der Waals surface area contributed by atoms with E-state index in [2.05, 4.69) is 22.3 Å². The maximum absolute atomic E-state index is 12.6. The van der Waals surface area contributed by atoms with Crippen LogP contribution in [0.2, 0.25) is 0 Å². The van der Waals surface area contributed by atoms with Crippen LogP contribution in [-0.4, -0.2) is 45.3 Å². The number of aliphatic hydroxyl groups excluding tert-OH is 1. The van der Waals surface area contributed by atoms with Gasteiger partial charge < -0.3 is 10.0 Å². The van der Waals surface area contributed by atoms with Gasteiger partial charge in [-0.05, 0) is 37.5 Å². The second-order valence-corrected chi connectivity index (χ2v) is 6.12. The summed E-state index contributed by atoms with van der Waals surface area (Å²) >= 11 is 0. The molecule has 120 valence electrons. The minimum atomic E-state index is -0.372. The molecule has 5 nitrogen and oxygen atoms in total. The van der Waals surface area contributed by atoms with Gasteiger partial charge in [-0.1, -0.05) is 30.3 Å². The van der Waals surface area contributed by atoms with Crippen LogP contribution in [0, 0.1) is 12.8 Å². The molecule has 2 aromatic rings. The highest BCUT2D eigenvalue weighted by Gasteiger charge is 2.31. The fourth-order valence-corrected chi connectivity index (χ4v) is 3.00. The van der Waals surface area contributed by atoms with Crippen molar-refractivity contribution < 1.29 is 9.90 Å². The van der Waals surface area contributed by atoms with Gasteiger partial charge in [-0.3, -0.25) is 4.79 Å². The van der Waals surface area contributed by atoms with Gasteiger partial charge in [-0.2, -0.15) is 5.10 Å². The number of aryl methyl sites for hydroxylation is 1. The highest BCUT2D eigenvalue weighted by atomic mass is 16.3. The average Bonchev–Trinajstić information content (AvgIpc) is 2.58. The number of hydrogen-bond donors (Lipinski definition) is 1. The second kappa shape index (κ2) is 6.87. The van der Waals surface area contributed by atoms with Gasteiger partial charge in [0, 0.05) is 19.0 Å². The van der Waals surface area contributed by atoms with Gasteiger partial charge in [-0.25, -0.2) is 0 Å². The van der Waals surface area contributed by atoms with Gasteiger partial charge >= 0.3 is 0 Å². The van der Waals surface area contributed by atoms with Crippen LogP contribution >= 0.6 is 0 Å². The minimum Gasteiger partial charge on any atom is -0.393 e. The van der Waals surface area contributed by atoms with E-state index in [1.807, 2.05) is 25.1 Å². The van der Waals surface area contributed by atoms with Crippen molar-refractivity contribution in [3.05, 3.63) is 59.4 Å². The van der Waals surface area contributed by atoms with Gasteiger partial charge in [0.05, 0.1) is 11.8 Å². The van der Waals surface area contributed by atoms with Crippen LogP contribution < -0.4 is 0 Å². The Bertz CT molecular complexity index is 658. The van der Waals surface area contributed by atoms with E-state index in [4.69, 9.17) is 0 Å². The van der Waals surface area contributed by atoms with Crippen LogP contribution in [0.25, 0.3) is 0 Å². The van der Waals surface area contributed by atoms with Gasteiger partial charge in [0.1, 0.15) is 0 Å². The first-order valence-corrected chi connectivity index (χ1v) is 7.95. The van der Waals surface area contributed by atoms with Crippen molar-refractivity contribution in [1.29, 1.82) is 0 Å². The Hall–Kier alpha value is -2.27. The maximum atomic E-state index is 12.6. The van der Waals surface area contributed by atoms with Gasteiger partial charge in [-0.15, -0.1) is 5.10 Å². The van der Waals surface area contributed by atoms with Crippen molar-refractivity contribution >= 4 is 5.91 Å². The third kappa shape index (κ3) is 3.74. The standard InChI is InChI=1S/C18H21N3O2/c1-13-7-8-16(20-19-13)18(23)21-10-9-17(22)15(12-21)11-14-5-3-2-4-6-14/h2-8,15,17,22H,9-12H2,1H3/t15-,17+/m1/s1. The Balaban J connectivity index is 1.69. The van der Waals surface area contributed by atoms with E-state index >= 15 is 0 Å². The van der Waals surface area contributed by atoms with E-state index in [1.165, 1.54) is 5.56 Å². The zero-order valence-electron chi connectivity index (χ0n) is 13.2. The molecule has 2 heterocycles. The van der Waals surface area contributed by atoms with E-state index < -0.39 is 0 Å². The molecule has 1 aliphatic rings. The van der Waals surface area contributed by atoms with Crippen molar-refractivity contribution in [2.75, 3.05) is 13.1 Å². The van der Waals surface area contributed by atoms with E-state index in [0.717, 1.165) is 12.1 Å². The Morgan fingerprint density at radius 3 is 2.70 bits per heavy atom. The molecule has 2 atom stereocenters. The van der Waals surface area contributed by atoms with Crippen LogP contribution in [0.15, 0.2) is 42.5 Å². The monoisotopic (exact) mass is 311 g/mol. The summed E-state index contributed by atoms with van der Waals surface area (Å²) in [6.07, 6.45) is 0.997. The van der Waals surface area contributed by atoms with Crippen LogP contribution in [0.5, 0.6) is 0 Å². The molecule has 5 heteroatoms. The summed E-state index contributed by atoms with van der Waals surface area (Å²) in [7, 11) is 0. The summed E-state index contributed by atoms with van der Waals surface area (Å²) in [6, 6.07) is 13.6. The Labute approximate surface area is 136 Å². The molecule has 23 heavy (non-hydrogen) atoms. The third-order valence-corrected chi connectivity index (χ3v) is 4.34. The first kappa shape index (κ1) is 15.6. The van der Waals surface area contributed by atoms with E-state index in [9.17, 15) is 9.90 Å². The number of carbonyl (C=O) groups is 1. The van der Waals surface area contributed by atoms with Gasteiger partial charge in [0.25, 0.3) is 5.91 Å². The molecule has 0 aliphatic carbocycles. The molecule has 1 N–H and O–H groups in total. The molecule has 1 aromatic carbocycles. The topological polar surface area (TPSA) is 66.3 Å². The number of benzene rings is 1. The van der Waals surface area contributed by atoms with Crippen molar-refractivity contribution in [2.45, 2.75) is 25.9 Å². The lowest BCUT2D eigenvalue weighted by atomic mass is 9.88. The number of hydrogen-bond acceptors (Lipinski definition) is 4. The van der Waals surface area contributed by atoms with Crippen LogP contribution in [0.4, 0.5) is 0 Å². The van der Waals surface area contributed by atoms with Gasteiger partial charge in [0.15, 0.2) is 5.69 Å². The van der Waals surface area contributed by atoms with E-state index in [1.54, 1.807) is 17.0 Å². The third-order valence-electron chi connectivity index (χ3n) is 4.34. The molecule has 1 saturated heterocycles. The smallest absolute Gasteiger partial charge is 0.274 e. The van der Waals surface area contributed by atoms with Crippen LogP contribution in [-0.2, 0) is 6.42 Å². The zero-order valence-corrected chi connectivity index (χ0v) is 13.2. The first-order valence-electron chi connectivity index (χ1n) is 7.95. The Morgan fingerprint density at radius 1 is 1.22 bits per heavy atom. The van der Waals surface area contributed by atoms with Crippen LogP contribution in [0.1, 0.15) is 28.2 Å². The second-order valence-electron chi connectivity index (χ2n) is 6.12. The predicted octanol–water partition coefficient (Wildman–Crippen LogP) is 1.85. The molecule has 0 bridgehead atoms. The lowest BCUT2D eigenvalue weighted by molar-refractivity contribution is 0.0237. The van der Waals surface area contributed by atoms with E-state index in [-0.39, 0.29) is 17.9 Å².